The molecule has 0 bridgehead atoms. The molecular formula is C20H23NO4. The van der Waals surface area contributed by atoms with Crippen LogP contribution in [0.5, 0.6) is 17.2 Å². The maximum Gasteiger partial charge on any atom is 0.164 e. The minimum absolute atomic E-state index is 0.00384. The number of aromatic hydroxyl groups is 1. The van der Waals surface area contributed by atoms with Crippen LogP contribution in [0.3, 0.4) is 0 Å². The molecule has 1 fully saturated rings. The molecule has 0 radical (unpaired) electrons. The van der Waals surface area contributed by atoms with Crippen LogP contribution in [-0.2, 0) is 4.74 Å². The Morgan fingerprint density at radius 3 is 2.60 bits per heavy atom. The van der Waals surface area contributed by atoms with E-state index in [0.29, 0.717) is 5.75 Å². The molecule has 2 heterocycles. The minimum atomic E-state index is -0.00384. The molecule has 2 aromatic carbocycles. The van der Waals surface area contributed by atoms with Gasteiger partial charge in [-0.15, -0.1) is 0 Å². The summed E-state index contributed by atoms with van der Waals surface area (Å²) in [5.74, 6) is 1.55. The smallest absolute Gasteiger partial charge is 0.164 e. The maximum atomic E-state index is 10.2. The van der Waals surface area contributed by atoms with Crippen molar-refractivity contribution in [3.8, 4) is 17.2 Å². The van der Waals surface area contributed by atoms with Gasteiger partial charge in [0.2, 0.25) is 0 Å². The largest absolute Gasteiger partial charge is 0.504 e. The third kappa shape index (κ3) is 3.17. The number of benzene rings is 2. The van der Waals surface area contributed by atoms with Crippen LogP contribution in [0, 0.1) is 0 Å². The molecule has 2 atom stereocenters. The van der Waals surface area contributed by atoms with Crippen LogP contribution in [0.15, 0.2) is 42.5 Å². The van der Waals surface area contributed by atoms with Crippen LogP contribution in [0.1, 0.15) is 23.5 Å². The van der Waals surface area contributed by atoms with E-state index in [9.17, 15) is 5.11 Å². The summed E-state index contributed by atoms with van der Waals surface area (Å²) in [4.78, 5) is 2.34. The summed E-state index contributed by atoms with van der Waals surface area (Å²) in [7, 11) is 1.55. The number of hydrogen-bond donors (Lipinski definition) is 1. The molecule has 2 aliphatic heterocycles. The molecule has 0 spiro atoms. The fraction of sp³-hybridized carbons (Fsp3) is 0.400. The highest BCUT2D eigenvalue weighted by molar-refractivity contribution is 5.54. The van der Waals surface area contributed by atoms with E-state index >= 15 is 0 Å². The molecule has 132 valence electrons. The Kier molecular flexibility index (Phi) is 4.51. The summed E-state index contributed by atoms with van der Waals surface area (Å²) >= 11 is 0. The van der Waals surface area contributed by atoms with E-state index in [2.05, 4.69) is 29.2 Å². The van der Waals surface area contributed by atoms with Crippen LogP contribution in [0.2, 0.25) is 0 Å². The van der Waals surface area contributed by atoms with Crippen molar-refractivity contribution >= 4 is 0 Å². The normalized spacial score (nSPS) is 23.6. The third-order valence-corrected chi connectivity index (χ3v) is 5.04. The summed E-state index contributed by atoms with van der Waals surface area (Å²) in [6.07, 6.45) is 0.846. The lowest BCUT2D eigenvalue weighted by Crippen LogP contribution is -2.48. The quantitative estimate of drug-likeness (QED) is 0.930. The number of phenolic OH excluding ortho intramolecular Hbond substituents is 1. The van der Waals surface area contributed by atoms with E-state index in [-0.39, 0.29) is 17.9 Å². The number of rotatable bonds is 3. The number of hydrogen-bond acceptors (Lipinski definition) is 5. The average Bonchev–Trinajstić information content (AvgIpc) is 2.68. The third-order valence-electron chi connectivity index (χ3n) is 5.04. The van der Waals surface area contributed by atoms with Gasteiger partial charge in [0.05, 0.1) is 20.3 Å². The molecule has 0 aromatic heterocycles. The van der Waals surface area contributed by atoms with Gasteiger partial charge >= 0.3 is 0 Å². The Hall–Kier alpha value is -2.24. The van der Waals surface area contributed by atoms with Gasteiger partial charge in [-0.1, -0.05) is 30.3 Å². The fourth-order valence-electron chi connectivity index (χ4n) is 3.72. The lowest BCUT2D eigenvalue weighted by Gasteiger charge is -2.40. The molecule has 2 unspecified atom stereocenters. The summed E-state index contributed by atoms with van der Waals surface area (Å²) in [5.41, 5.74) is 2.24. The summed E-state index contributed by atoms with van der Waals surface area (Å²) in [5, 5.41) is 10.2. The Bertz CT molecular complexity index is 728. The number of fused-ring (bicyclic) bond motifs is 1. The van der Waals surface area contributed by atoms with Gasteiger partial charge in [-0.2, -0.15) is 0 Å². The molecule has 0 aliphatic carbocycles. The van der Waals surface area contributed by atoms with Gasteiger partial charge in [-0.25, -0.2) is 0 Å². The van der Waals surface area contributed by atoms with E-state index in [1.807, 2.05) is 6.07 Å². The first kappa shape index (κ1) is 16.2. The molecule has 5 heteroatoms. The highest BCUT2D eigenvalue weighted by atomic mass is 16.5. The summed E-state index contributed by atoms with van der Waals surface area (Å²) in [6, 6.07) is 14.0. The molecule has 4 rings (SSSR count). The first-order chi connectivity index (χ1) is 12.3. The fourth-order valence-corrected chi connectivity index (χ4v) is 3.72. The van der Waals surface area contributed by atoms with E-state index in [1.54, 1.807) is 19.2 Å². The van der Waals surface area contributed by atoms with Crippen LogP contribution < -0.4 is 9.47 Å². The molecule has 2 aromatic rings. The van der Waals surface area contributed by atoms with E-state index in [0.717, 1.165) is 44.0 Å². The van der Waals surface area contributed by atoms with Crippen molar-refractivity contribution in [3.05, 3.63) is 53.6 Å². The molecule has 5 nitrogen and oxygen atoms in total. The Labute approximate surface area is 147 Å². The van der Waals surface area contributed by atoms with Gasteiger partial charge in [0.1, 0.15) is 5.75 Å². The van der Waals surface area contributed by atoms with Crippen LogP contribution in [0.25, 0.3) is 0 Å². The maximum absolute atomic E-state index is 10.2. The van der Waals surface area contributed by atoms with E-state index in [4.69, 9.17) is 14.2 Å². The number of morpholine rings is 1. The number of methoxy groups -OCH3 is 1. The first-order valence-electron chi connectivity index (χ1n) is 8.70. The van der Waals surface area contributed by atoms with Crippen molar-refractivity contribution in [2.24, 2.45) is 0 Å². The Morgan fingerprint density at radius 1 is 1.12 bits per heavy atom. The van der Waals surface area contributed by atoms with Gasteiger partial charge in [0.15, 0.2) is 17.7 Å². The van der Waals surface area contributed by atoms with Crippen LogP contribution in [-0.4, -0.2) is 49.6 Å². The highest BCUT2D eigenvalue weighted by Crippen LogP contribution is 2.45. The van der Waals surface area contributed by atoms with E-state index < -0.39 is 0 Å². The molecule has 1 N–H and O–H groups in total. The lowest BCUT2D eigenvalue weighted by molar-refractivity contribution is -0.0558. The van der Waals surface area contributed by atoms with E-state index in [1.165, 1.54) is 5.56 Å². The van der Waals surface area contributed by atoms with Crippen molar-refractivity contribution in [3.63, 3.8) is 0 Å². The monoisotopic (exact) mass is 341 g/mol. The first-order valence-corrected chi connectivity index (χ1v) is 8.70. The van der Waals surface area contributed by atoms with Crippen molar-refractivity contribution in [2.75, 3.05) is 33.4 Å². The summed E-state index contributed by atoms with van der Waals surface area (Å²) < 4.78 is 17.0. The van der Waals surface area contributed by atoms with Gasteiger partial charge in [-0.3, -0.25) is 4.90 Å². The second kappa shape index (κ2) is 6.94. The van der Waals surface area contributed by atoms with Gasteiger partial charge < -0.3 is 19.3 Å². The highest BCUT2D eigenvalue weighted by Gasteiger charge is 2.34. The van der Waals surface area contributed by atoms with Crippen molar-refractivity contribution in [1.82, 2.24) is 4.90 Å². The molecule has 1 saturated heterocycles. The number of phenols is 1. The zero-order chi connectivity index (χ0) is 17.2. The average molecular weight is 341 g/mol. The lowest BCUT2D eigenvalue weighted by atomic mass is 9.85. The number of nitrogens with zero attached hydrogens (tertiary/aromatic N) is 1. The minimum Gasteiger partial charge on any atom is -0.504 e. The number of ether oxygens (including phenoxy) is 3. The van der Waals surface area contributed by atoms with Gasteiger partial charge in [0.25, 0.3) is 0 Å². The zero-order valence-electron chi connectivity index (χ0n) is 14.4. The van der Waals surface area contributed by atoms with Crippen molar-refractivity contribution in [2.45, 2.75) is 18.6 Å². The molecule has 2 aliphatic rings. The molecule has 0 saturated carbocycles. The second-order valence-corrected chi connectivity index (χ2v) is 6.48. The van der Waals surface area contributed by atoms with Gasteiger partial charge in [0, 0.05) is 37.1 Å². The van der Waals surface area contributed by atoms with Crippen molar-refractivity contribution in [1.29, 1.82) is 0 Å². The zero-order valence-corrected chi connectivity index (χ0v) is 14.4. The standard InChI is InChI=1S/C20H23NO4/c1-23-19-13-18-16(11-17(19)22)15(14-5-3-2-4-6-14)12-20(25-18)21-7-9-24-10-8-21/h2-6,11,13,15,20,22H,7-10,12H2,1H3. The Morgan fingerprint density at radius 2 is 1.88 bits per heavy atom. The van der Waals surface area contributed by atoms with Crippen LogP contribution >= 0.6 is 0 Å². The summed E-state index contributed by atoms with van der Waals surface area (Å²) in [6.45, 7) is 3.22. The molecule has 0 amide bonds. The van der Waals surface area contributed by atoms with Crippen molar-refractivity contribution < 1.29 is 19.3 Å². The molecular weight excluding hydrogens is 318 g/mol. The molecule has 25 heavy (non-hydrogen) atoms. The van der Waals surface area contributed by atoms with Gasteiger partial charge in [-0.05, 0) is 11.6 Å². The SMILES string of the molecule is COc1cc2c(cc1O)C(c1ccccc1)CC(N1CCOCC1)O2. The Balaban J connectivity index is 1.73. The predicted octanol–water partition coefficient (Wildman–Crippen LogP) is 2.97. The second-order valence-electron chi connectivity index (χ2n) is 6.48. The predicted molar refractivity (Wildman–Crippen MR) is 94.4 cm³/mol. The van der Waals surface area contributed by atoms with Crippen LogP contribution in [0.4, 0.5) is 0 Å². The topological polar surface area (TPSA) is 51.2 Å².